The first kappa shape index (κ1) is 18.5. The normalized spacial score (nSPS) is 36.2. The van der Waals surface area contributed by atoms with Gasteiger partial charge >= 0.3 is 0 Å². The van der Waals surface area contributed by atoms with E-state index in [0.717, 1.165) is 30.0 Å². The lowest BCUT2D eigenvalue weighted by molar-refractivity contribution is -0.0494. The largest absolute Gasteiger partial charge is 0.383 e. The van der Waals surface area contributed by atoms with E-state index in [1.807, 2.05) is 0 Å². The number of fused-ring (bicyclic) bond motifs is 1. The van der Waals surface area contributed by atoms with Crippen molar-refractivity contribution in [1.82, 2.24) is 15.1 Å². The smallest absolute Gasteiger partial charge is 0.111 e. The molecular formula is C26H39N3. The zero-order chi connectivity index (χ0) is 19.4. The van der Waals surface area contributed by atoms with E-state index in [-0.39, 0.29) is 0 Å². The number of hydrogen-bond donors (Lipinski definition) is 1. The summed E-state index contributed by atoms with van der Waals surface area (Å²) in [4.78, 5) is 0. The predicted molar refractivity (Wildman–Crippen MR) is 119 cm³/mol. The van der Waals surface area contributed by atoms with Crippen molar-refractivity contribution in [1.29, 1.82) is 0 Å². The molecule has 0 unspecified atom stereocenters. The average Bonchev–Trinajstić information content (AvgIpc) is 3.12. The van der Waals surface area contributed by atoms with Crippen molar-refractivity contribution in [3.63, 3.8) is 0 Å². The van der Waals surface area contributed by atoms with Crippen molar-refractivity contribution in [3.8, 4) is 0 Å². The van der Waals surface area contributed by atoms with Crippen LogP contribution in [0.3, 0.4) is 0 Å². The Bertz CT molecular complexity index is 747. The Kier molecular flexibility index (Phi) is 4.57. The standard InChI is InChI=1S/C26H39N3/c1-18(27-17-26-14-19-11-20(15-26)13-21(12-19)16-26)25-23-9-5-6-10-24(23)29(28-25)22-7-3-2-4-8-22/h19-22,27H,1-17H2. The number of hydrogen-bond acceptors (Lipinski definition) is 2. The van der Waals surface area contributed by atoms with Crippen LogP contribution in [-0.2, 0) is 12.8 Å². The second kappa shape index (κ2) is 7.17. The van der Waals surface area contributed by atoms with Gasteiger partial charge in [0, 0.05) is 17.8 Å². The molecule has 7 rings (SSSR count). The Morgan fingerprint density at radius 2 is 1.59 bits per heavy atom. The third-order valence-corrected chi connectivity index (χ3v) is 9.26. The molecule has 1 aromatic rings. The molecule has 5 fully saturated rings. The Balaban J connectivity index is 1.21. The van der Waals surface area contributed by atoms with Gasteiger partial charge in [-0.15, -0.1) is 0 Å². The second-order valence-electron chi connectivity index (χ2n) is 11.5. The monoisotopic (exact) mass is 393 g/mol. The highest BCUT2D eigenvalue weighted by molar-refractivity contribution is 5.62. The highest BCUT2D eigenvalue weighted by atomic mass is 15.3. The van der Waals surface area contributed by atoms with Crippen LogP contribution in [-0.4, -0.2) is 16.3 Å². The molecule has 0 aliphatic heterocycles. The van der Waals surface area contributed by atoms with Crippen LogP contribution in [0.15, 0.2) is 6.58 Å². The van der Waals surface area contributed by atoms with Crippen molar-refractivity contribution in [2.24, 2.45) is 23.2 Å². The van der Waals surface area contributed by atoms with Crippen LogP contribution in [0.1, 0.15) is 106 Å². The number of rotatable bonds is 5. The van der Waals surface area contributed by atoms with Crippen LogP contribution in [0.25, 0.3) is 5.70 Å². The molecule has 1 heterocycles. The molecule has 158 valence electrons. The second-order valence-corrected chi connectivity index (χ2v) is 11.5. The molecule has 6 aliphatic rings. The van der Waals surface area contributed by atoms with Gasteiger partial charge in [-0.3, -0.25) is 4.68 Å². The van der Waals surface area contributed by atoms with Gasteiger partial charge in [0.2, 0.25) is 0 Å². The molecule has 0 radical (unpaired) electrons. The van der Waals surface area contributed by atoms with Crippen LogP contribution in [0, 0.1) is 23.2 Å². The van der Waals surface area contributed by atoms with Gasteiger partial charge in [-0.25, -0.2) is 0 Å². The summed E-state index contributed by atoms with van der Waals surface area (Å²) in [6, 6.07) is 0.639. The van der Waals surface area contributed by atoms with Gasteiger partial charge in [0.15, 0.2) is 0 Å². The lowest BCUT2D eigenvalue weighted by Crippen LogP contribution is -2.50. The summed E-state index contributed by atoms with van der Waals surface area (Å²) in [7, 11) is 0. The summed E-state index contributed by atoms with van der Waals surface area (Å²) < 4.78 is 2.46. The zero-order valence-electron chi connectivity index (χ0n) is 18.2. The van der Waals surface area contributed by atoms with E-state index in [4.69, 9.17) is 5.10 Å². The topological polar surface area (TPSA) is 29.9 Å². The minimum Gasteiger partial charge on any atom is -0.383 e. The fourth-order valence-electron chi connectivity index (χ4n) is 8.38. The maximum atomic E-state index is 5.24. The average molecular weight is 394 g/mol. The number of nitrogens with zero attached hydrogens (tertiary/aromatic N) is 2. The van der Waals surface area contributed by atoms with E-state index >= 15 is 0 Å². The SMILES string of the molecule is C=C(NCC12CC3CC(CC(C3)C1)C2)c1nn(C2CCCCC2)c2c1CCCC2. The minimum absolute atomic E-state index is 0.559. The quantitative estimate of drug-likeness (QED) is 0.660. The van der Waals surface area contributed by atoms with E-state index < -0.39 is 0 Å². The molecule has 3 heteroatoms. The summed E-state index contributed by atoms with van der Waals surface area (Å²) in [5.41, 5.74) is 5.98. The molecule has 0 amide bonds. The van der Waals surface area contributed by atoms with Gasteiger partial charge in [-0.05, 0) is 100 Å². The third-order valence-electron chi connectivity index (χ3n) is 9.26. The zero-order valence-corrected chi connectivity index (χ0v) is 18.2. The van der Waals surface area contributed by atoms with Crippen molar-refractivity contribution < 1.29 is 0 Å². The Morgan fingerprint density at radius 1 is 0.931 bits per heavy atom. The molecule has 6 aliphatic carbocycles. The van der Waals surface area contributed by atoms with E-state index in [1.165, 1.54) is 108 Å². The molecule has 0 atom stereocenters. The molecular weight excluding hydrogens is 354 g/mol. The maximum absolute atomic E-state index is 5.24. The van der Waals surface area contributed by atoms with Gasteiger partial charge in [0.05, 0.1) is 11.7 Å². The van der Waals surface area contributed by atoms with Gasteiger partial charge in [0.1, 0.15) is 5.69 Å². The lowest BCUT2D eigenvalue weighted by Gasteiger charge is -2.57. The van der Waals surface area contributed by atoms with Gasteiger partial charge < -0.3 is 5.32 Å². The first-order chi connectivity index (χ1) is 14.2. The highest BCUT2D eigenvalue weighted by Crippen LogP contribution is 2.59. The first-order valence-electron chi connectivity index (χ1n) is 12.7. The molecule has 5 saturated carbocycles. The third kappa shape index (κ3) is 3.27. The van der Waals surface area contributed by atoms with Crippen molar-refractivity contribution in [3.05, 3.63) is 23.5 Å². The first-order valence-corrected chi connectivity index (χ1v) is 12.7. The molecule has 3 nitrogen and oxygen atoms in total. The summed E-state index contributed by atoms with van der Waals surface area (Å²) in [5.74, 6) is 3.07. The van der Waals surface area contributed by atoms with E-state index in [1.54, 1.807) is 5.69 Å². The van der Waals surface area contributed by atoms with Crippen LogP contribution in [0.2, 0.25) is 0 Å². The van der Waals surface area contributed by atoms with Gasteiger partial charge in [-0.2, -0.15) is 5.10 Å². The van der Waals surface area contributed by atoms with Crippen LogP contribution < -0.4 is 5.32 Å². The van der Waals surface area contributed by atoms with E-state index in [0.29, 0.717) is 11.5 Å². The molecule has 4 bridgehead atoms. The van der Waals surface area contributed by atoms with Gasteiger partial charge in [-0.1, -0.05) is 25.8 Å². The Hall–Kier alpha value is -1.25. The number of nitrogens with one attached hydrogen (secondary N) is 1. The van der Waals surface area contributed by atoms with E-state index in [2.05, 4.69) is 16.6 Å². The lowest BCUT2D eigenvalue weighted by atomic mass is 9.49. The summed E-state index contributed by atoms with van der Waals surface area (Å²) in [6.07, 6.45) is 20.9. The van der Waals surface area contributed by atoms with Crippen molar-refractivity contribution in [2.45, 2.75) is 102 Å². The summed E-state index contributed by atoms with van der Waals surface area (Å²) in [6.45, 7) is 5.66. The maximum Gasteiger partial charge on any atom is 0.111 e. The minimum atomic E-state index is 0.559. The van der Waals surface area contributed by atoms with Crippen molar-refractivity contribution >= 4 is 5.70 Å². The van der Waals surface area contributed by atoms with Crippen LogP contribution >= 0.6 is 0 Å². The van der Waals surface area contributed by atoms with Crippen LogP contribution in [0.5, 0.6) is 0 Å². The molecule has 0 saturated heterocycles. The Labute approximate surface area is 176 Å². The Morgan fingerprint density at radius 3 is 2.28 bits per heavy atom. The molecule has 0 aromatic carbocycles. The molecule has 1 N–H and O–H groups in total. The fraction of sp³-hybridized carbons (Fsp3) is 0.808. The number of aromatic nitrogens is 2. The summed E-state index contributed by atoms with van der Waals surface area (Å²) in [5, 5.41) is 9.09. The highest BCUT2D eigenvalue weighted by Gasteiger charge is 2.50. The summed E-state index contributed by atoms with van der Waals surface area (Å²) >= 11 is 0. The van der Waals surface area contributed by atoms with E-state index in [9.17, 15) is 0 Å². The van der Waals surface area contributed by atoms with Crippen LogP contribution in [0.4, 0.5) is 0 Å². The molecule has 29 heavy (non-hydrogen) atoms. The van der Waals surface area contributed by atoms with Gasteiger partial charge in [0.25, 0.3) is 0 Å². The predicted octanol–water partition coefficient (Wildman–Crippen LogP) is 6.04. The fourth-order valence-corrected chi connectivity index (χ4v) is 8.38. The van der Waals surface area contributed by atoms with Crippen molar-refractivity contribution in [2.75, 3.05) is 6.54 Å². The molecule has 0 spiro atoms. The molecule has 1 aromatic heterocycles.